The maximum atomic E-state index is 18.2. The molecule has 0 radical (unpaired) electrons. The summed E-state index contributed by atoms with van der Waals surface area (Å²) in [6.07, 6.45) is 0. The van der Waals surface area contributed by atoms with Crippen LogP contribution in [0.25, 0.3) is 0 Å². The van der Waals surface area contributed by atoms with Gasteiger partial charge in [0.1, 0.15) is 0 Å². The second-order valence-corrected chi connectivity index (χ2v) is 13.7. The van der Waals surface area contributed by atoms with Crippen LogP contribution in [0.2, 0.25) is 0 Å². The number of nitrogens with one attached hydrogen (secondary N) is 1. The molecule has 0 bridgehead atoms. The van der Waals surface area contributed by atoms with Gasteiger partial charge in [-0.15, -0.1) is 0 Å². The Hall–Kier alpha value is -4.72. The van der Waals surface area contributed by atoms with Crippen LogP contribution >= 0.6 is 7.29 Å². The second-order valence-electron chi connectivity index (χ2n) is 10.4. The van der Waals surface area contributed by atoms with Crippen LogP contribution in [0.15, 0.2) is 170 Å². The molecule has 41 heavy (non-hydrogen) atoms. The molecule has 0 aromatic heterocycles. The number of anilines is 1. The first-order valence-electron chi connectivity index (χ1n) is 13.8. The predicted molar refractivity (Wildman–Crippen MR) is 169 cm³/mol. The number of halogens is 1. The summed E-state index contributed by atoms with van der Waals surface area (Å²) >= 11 is 0. The average Bonchev–Trinajstić information content (AvgIpc) is 3.39. The number of hydrogen-bond acceptors (Lipinski definition) is 2. The average molecular weight is 554 g/mol. The molecule has 1 aliphatic heterocycles. The summed E-state index contributed by atoms with van der Waals surface area (Å²) in [6.45, 7) is 0. The van der Waals surface area contributed by atoms with Crippen molar-refractivity contribution >= 4 is 23.6 Å². The molecular formula is C37H29FNOP. The van der Waals surface area contributed by atoms with E-state index in [2.05, 4.69) is 90.0 Å². The number of hydrogen-bond donors (Lipinski definition) is 1. The zero-order valence-electron chi connectivity index (χ0n) is 22.4. The van der Waals surface area contributed by atoms with E-state index >= 15 is 4.20 Å². The molecule has 0 aliphatic carbocycles. The third kappa shape index (κ3) is 3.89. The first-order valence-corrected chi connectivity index (χ1v) is 15.8. The summed E-state index contributed by atoms with van der Waals surface area (Å²) in [5.41, 5.74) is 4.39. The van der Waals surface area contributed by atoms with Gasteiger partial charge < -0.3 is 0 Å². The number of rotatable bonds is 6. The monoisotopic (exact) mass is 553 g/mol. The van der Waals surface area contributed by atoms with Crippen LogP contribution < -0.4 is 20.2 Å². The number of benzene rings is 6. The van der Waals surface area contributed by atoms with E-state index in [0.717, 1.165) is 22.3 Å². The minimum absolute atomic E-state index is 0.503. The molecule has 0 saturated carbocycles. The van der Waals surface area contributed by atoms with Crippen molar-refractivity contribution in [3.05, 3.63) is 192 Å². The summed E-state index contributed by atoms with van der Waals surface area (Å²) in [6, 6.07) is 56.1. The molecule has 2 nitrogen and oxygen atoms in total. The van der Waals surface area contributed by atoms with Gasteiger partial charge in [0.25, 0.3) is 0 Å². The van der Waals surface area contributed by atoms with Crippen LogP contribution in [-0.2, 0) is 5.41 Å². The van der Waals surface area contributed by atoms with Crippen molar-refractivity contribution in [1.29, 1.82) is 0 Å². The van der Waals surface area contributed by atoms with Gasteiger partial charge in [0.2, 0.25) is 0 Å². The molecule has 200 valence electrons. The van der Waals surface area contributed by atoms with Crippen molar-refractivity contribution in [2.75, 3.05) is 5.09 Å². The number of fused-ring (bicyclic) bond motifs is 1. The van der Waals surface area contributed by atoms with Gasteiger partial charge in [-0.3, -0.25) is 0 Å². The van der Waals surface area contributed by atoms with E-state index < -0.39 is 12.7 Å². The molecule has 0 saturated heterocycles. The van der Waals surface area contributed by atoms with E-state index in [1.165, 1.54) is 0 Å². The van der Waals surface area contributed by atoms with Crippen LogP contribution in [0.1, 0.15) is 22.3 Å². The molecule has 0 spiro atoms. The van der Waals surface area contributed by atoms with Crippen molar-refractivity contribution in [2.45, 2.75) is 5.41 Å². The summed E-state index contributed by atoms with van der Waals surface area (Å²) in [4.78, 5) is 0. The molecule has 6 aromatic rings. The summed E-state index contributed by atoms with van der Waals surface area (Å²) in [5.74, 6) is 0.504. The van der Waals surface area contributed by atoms with Crippen LogP contribution in [0.4, 0.5) is 9.88 Å². The molecule has 0 fully saturated rings. The first-order chi connectivity index (χ1) is 20.1. The van der Waals surface area contributed by atoms with Crippen LogP contribution in [0.5, 0.6) is 5.75 Å². The summed E-state index contributed by atoms with van der Waals surface area (Å²) in [7, 11) is -4.77. The topological polar surface area (TPSA) is 21.3 Å². The fourth-order valence-electron chi connectivity index (χ4n) is 6.19. The van der Waals surface area contributed by atoms with Gasteiger partial charge in [0, 0.05) is 0 Å². The van der Waals surface area contributed by atoms with Gasteiger partial charge >= 0.3 is 241 Å². The Morgan fingerprint density at radius 2 is 0.854 bits per heavy atom. The molecule has 0 atom stereocenters. The van der Waals surface area contributed by atoms with Gasteiger partial charge in [0.05, 0.1) is 0 Å². The van der Waals surface area contributed by atoms with E-state index in [4.69, 9.17) is 4.52 Å². The Morgan fingerprint density at radius 1 is 0.463 bits per heavy atom. The Bertz CT molecular complexity index is 1660. The Morgan fingerprint density at radius 3 is 1.27 bits per heavy atom. The van der Waals surface area contributed by atoms with Gasteiger partial charge in [-0.25, -0.2) is 0 Å². The van der Waals surface area contributed by atoms with Crippen LogP contribution in [0, 0.1) is 0 Å². The SMILES string of the molecule is FP1(c2ccccc2)(c2ccccc2)Nc2cc(C(c3ccccc3)(c3ccccc3)c3ccccc3)ccc2O1. The molecule has 0 amide bonds. The van der Waals surface area contributed by atoms with E-state index in [1.807, 2.05) is 84.9 Å². The quantitative estimate of drug-likeness (QED) is 0.164. The van der Waals surface area contributed by atoms with Crippen molar-refractivity contribution < 1.29 is 8.72 Å². The molecule has 1 heterocycles. The van der Waals surface area contributed by atoms with Gasteiger partial charge in [-0.05, 0) is 0 Å². The zero-order chi connectivity index (χ0) is 27.8. The Labute approximate surface area is 240 Å². The predicted octanol–water partition coefficient (Wildman–Crippen LogP) is 8.79. The van der Waals surface area contributed by atoms with Crippen molar-refractivity contribution in [2.24, 2.45) is 0 Å². The summed E-state index contributed by atoms with van der Waals surface area (Å²) < 4.78 is 24.6. The van der Waals surface area contributed by atoms with Crippen LogP contribution in [0.3, 0.4) is 0 Å². The van der Waals surface area contributed by atoms with E-state index in [9.17, 15) is 0 Å². The van der Waals surface area contributed by atoms with Crippen molar-refractivity contribution in [1.82, 2.24) is 0 Å². The normalized spacial score (nSPS) is 15.9. The Balaban J connectivity index is 1.48. The van der Waals surface area contributed by atoms with Gasteiger partial charge in [-0.1, -0.05) is 0 Å². The maximum absolute atomic E-state index is 18.2. The molecule has 0 unspecified atom stereocenters. The van der Waals surface area contributed by atoms with Crippen molar-refractivity contribution in [3.8, 4) is 5.75 Å². The molecule has 6 aromatic carbocycles. The molecule has 1 N–H and O–H groups in total. The fourth-order valence-corrected chi connectivity index (χ4v) is 9.55. The van der Waals surface area contributed by atoms with Gasteiger partial charge in [-0.2, -0.15) is 0 Å². The molecule has 4 heteroatoms. The molecular weight excluding hydrogens is 524 g/mol. The third-order valence-electron chi connectivity index (χ3n) is 8.06. The minimum atomic E-state index is -4.77. The second kappa shape index (κ2) is 9.73. The first kappa shape index (κ1) is 25.3. The van der Waals surface area contributed by atoms with Gasteiger partial charge in [0.15, 0.2) is 0 Å². The molecule has 1 aliphatic rings. The van der Waals surface area contributed by atoms with Crippen LogP contribution in [-0.4, -0.2) is 0 Å². The summed E-state index contributed by atoms with van der Waals surface area (Å²) in [5, 5.41) is 4.37. The van der Waals surface area contributed by atoms with E-state index in [1.54, 1.807) is 0 Å². The zero-order valence-corrected chi connectivity index (χ0v) is 23.3. The third-order valence-corrected chi connectivity index (χ3v) is 11.7. The molecule has 7 rings (SSSR count). The standard InChI is InChI=1S/C37H29FNOP/c38-41(33-22-12-4-13-23-33,34-24-14-5-15-25-34)39-35-28-32(26-27-36(35)40-41)37(29-16-6-1-7-17-29,30-18-8-2-9-19-30)31-20-10-3-11-21-31/h1-28,39H. The van der Waals surface area contributed by atoms with E-state index in [-0.39, 0.29) is 0 Å². The van der Waals surface area contributed by atoms with E-state index in [0.29, 0.717) is 22.0 Å². The Kier molecular flexibility index (Phi) is 5.99. The van der Waals surface area contributed by atoms with Crippen molar-refractivity contribution in [3.63, 3.8) is 0 Å². The fraction of sp³-hybridized carbons (Fsp3) is 0.0270.